The summed E-state index contributed by atoms with van der Waals surface area (Å²) in [6.45, 7) is 3.78. The zero-order valence-electron chi connectivity index (χ0n) is 18.5. The Morgan fingerprint density at radius 1 is 1.18 bits per heavy atom. The smallest absolute Gasteiger partial charge is 0.266 e. The molecule has 0 bridgehead atoms. The number of benzene rings is 3. The predicted molar refractivity (Wildman–Crippen MR) is 131 cm³/mol. The molecule has 0 aromatic heterocycles. The van der Waals surface area contributed by atoms with Crippen LogP contribution in [0.5, 0.6) is 11.5 Å². The second kappa shape index (κ2) is 11.7. The van der Waals surface area contributed by atoms with Gasteiger partial charge in [0, 0.05) is 11.1 Å². The van der Waals surface area contributed by atoms with Crippen molar-refractivity contribution in [3.8, 4) is 17.6 Å². The number of nitrogens with zero attached hydrogens (tertiary/aromatic N) is 1. The number of rotatable bonds is 9. The van der Waals surface area contributed by atoms with E-state index < -0.39 is 5.91 Å². The lowest BCUT2D eigenvalue weighted by Crippen LogP contribution is -2.13. The Labute approximate surface area is 202 Å². The minimum atomic E-state index is -0.597. The number of nitrogens with one attached hydrogen (secondary N) is 1. The fourth-order valence-electron chi connectivity index (χ4n) is 3.22. The number of carbonyl (C=O) groups is 1. The van der Waals surface area contributed by atoms with Crippen molar-refractivity contribution in [1.29, 1.82) is 5.26 Å². The molecule has 5 nitrogen and oxygen atoms in total. The first kappa shape index (κ1) is 24.6. The minimum absolute atomic E-state index is 0.00600. The Kier molecular flexibility index (Phi) is 8.44. The second-order valence-electron chi connectivity index (χ2n) is 7.19. The van der Waals surface area contributed by atoms with Gasteiger partial charge in [0.1, 0.15) is 24.1 Å². The number of methoxy groups -OCH3 is 1. The summed E-state index contributed by atoms with van der Waals surface area (Å²) in [6.07, 6.45) is 3.56. The molecule has 3 aromatic carbocycles. The number of para-hydroxylation sites is 1. The number of halogens is 2. The number of carbonyl (C=O) groups excluding carboxylic acids is 1. The molecule has 0 radical (unpaired) electrons. The number of ether oxygens (including phenoxy) is 2. The van der Waals surface area contributed by atoms with Gasteiger partial charge in [0.15, 0.2) is 11.5 Å². The van der Waals surface area contributed by atoms with E-state index in [1.165, 1.54) is 19.3 Å². The average Bonchev–Trinajstić information content (AvgIpc) is 2.84. The number of hydrogen-bond donors (Lipinski definition) is 1. The molecule has 1 N–H and O–H groups in total. The van der Waals surface area contributed by atoms with Gasteiger partial charge < -0.3 is 14.8 Å². The standard InChI is InChI=1S/C27H22ClFN2O3/c1-3-8-19-13-18(14-21(16-30)27(32)31-24-12-7-5-10-22(24)28)15-25(33-2)26(19)34-17-20-9-4-6-11-23(20)29/h3-7,9-15H,1,8,17H2,2H3,(H,31,32)/b21-14+. The molecule has 0 atom stereocenters. The van der Waals surface area contributed by atoms with Crippen LogP contribution in [0.3, 0.4) is 0 Å². The third-order valence-electron chi connectivity index (χ3n) is 4.87. The van der Waals surface area contributed by atoms with E-state index in [0.29, 0.717) is 45.3 Å². The highest BCUT2D eigenvalue weighted by Crippen LogP contribution is 2.35. The molecule has 1 amide bonds. The molecular weight excluding hydrogens is 455 g/mol. The van der Waals surface area contributed by atoms with E-state index in [4.69, 9.17) is 21.1 Å². The predicted octanol–water partition coefficient (Wildman–Crippen LogP) is 6.34. The third kappa shape index (κ3) is 6.03. The molecular formula is C27H22ClFN2O3. The van der Waals surface area contributed by atoms with Gasteiger partial charge in [-0.05, 0) is 48.4 Å². The Balaban J connectivity index is 1.92. The molecule has 3 rings (SSSR count). The summed E-state index contributed by atoms with van der Waals surface area (Å²) in [6, 6.07) is 18.4. The molecule has 0 aliphatic rings. The van der Waals surface area contributed by atoms with Crippen molar-refractivity contribution < 1.29 is 18.7 Å². The lowest BCUT2D eigenvalue weighted by atomic mass is 10.0. The maximum absolute atomic E-state index is 14.0. The van der Waals surface area contributed by atoms with Gasteiger partial charge in [-0.15, -0.1) is 6.58 Å². The van der Waals surface area contributed by atoms with Crippen LogP contribution in [-0.2, 0) is 17.8 Å². The van der Waals surface area contributed by atoms with Crippen LogP contribution in [-0.4, -0.2) is 13.0 Å². The number of nitriles is 1. The molecule has 0 spiro atoms. The van der Waals surface area contributed by atoms with Gasteiger partial charge in [0.25, 0.3) is 5.91 Å². The molecule has 3 aromatic rings. The number of amides is 1. The number of allylic oxidation sites excluding steroid dienone is 1. The summed E-state index contributed by atoms with van der Waals surface area (Å²) in [5.41, 5.74) is 1.95. The zero-order valence-corrected chi connectivity index (χ0v) is 19.2. The van der Waals surface area contributed by atoms with Crippen LogP contribution in [0.2, 0.25) is 5.02 Å². The molecule has 0 saturated heterocycles. The highest BCUT2D eigenvalue weighted by molar-refractivity contribution is 6.34. The summed E-state index contributed by atoms with van der Waals surface area (Å²) in [4.78, 5) is 12.7. The summed E-state index contributed by atoms with van der Waals surface area (Å²) in [5, 5.41) is 12.6. The van der Waals surface area contributed by atoms with Crippen LogP contribution in [0, 0.1) is 17.1 Å². The lowest BCUT2D eigenvalue weighted by molar-refractivity contribution is -0.112. The molecule has 0 fully saturated rings. The van der Waals surface area contributed by atoms with E-state index in [9.17, 15) is 14.4 Å². The molecule has 0 heterocycles. The molecule has 0 unspecified atom stereocenters. The van der Waals surface area contributed by atoms with Crippen LogP contribution in [0.4, 0.5) is 10.1 Å². The highest BCUT2D eigenvalue weighted by atomic mass is 35.5. The van der Waals surface area contributed by atoms with Crippen molar-refractivity contribution in [2.45, 2.75) is 13.0 Å². The average molecular weight is 477 g/mol. The molecule has 0 aliphatic heterocycles. The van der Waals surface area contributed by atoms with Crippen molar-refractivity contribution in [2.75, 3.05) is 12.4 Å². The molecule has 34 heavy (non-hydrogen) atoms. The van der Waals surface area contributed by atoms with Crippen molar-refractivity contribution in [3.05, 3.63) is 106 Å². The summed E-state index contributed by atoms with van der Waals surface area (Å²) < 4.78 is 25.4. The molecule has 172 valence electrons. The largest absolute Gasteiger partial charge is 0.493 e. The first-order valence-electron chi connectivity index (χ1n) is 10.3. The van der Waals surface area contributed by atoms with Crippen molar-refractivity contribution >= 4 is 29.3 Å². The number of hydrogen-bond acceptors (Lipinski definition) is 4. The van der Waals surface area contributed by atoms with Gasteiger partial charge in [-0.2, -0.15) is 5.26 Å². The van der Waals surface area contributed by atoms with Crippen molar-refractivity contribution in [3.63, 3.8) is 0 Å². The van der Waals surface area contributed by atoms with E-state index in [1.54, 1.807) is 60.7 Å². The van der Waals surface area contributed by atoms with Gasteiger partial charge in [-0.3, -0.25) is 4.79 Å². The maximum atomic E-state index is 14.0. The fourth-order valence-corrected chi connectivity index (χ4v) is 3.41. The van der Waals surface area contributed by atoms with Crippen LogP contribution < -0.4 is 14.8 Å². The Morgan fingerprint density at radius 3 is 2.59 bits per heavy atom. The van der Waals surface area contributed by atoms with Crippen molar-refractivity contribution in [1.82, 2.24) is 0 Å². The summed E-state index contributed by atoms with van der Waals surface area (Å²) in [7, 11) is 1.48. The summed E-state index contributed by atoms with van der Waals surface area (Å²) in [5.74, 6) is -0.151. The topological polar surface area (TPSA) is 71.4 Å². The first-order chi connectivity index (χ1) is 16.5. The van der Waals surface area contributed by atoms with E-state index >= 15 is 0 Å². The van der Waals surface area contributed by atoms with Gasteiger partial charge in [0.2, 0.25) is 0 Å². The van der Waals surface area contributed by atoms with E-state index in [1.807, 2.05) is 6.07 Å². The summed E-state index contributed by atoms with van der Waals surface area (Å²) >= 11 is 6.09. The van der Waals surface area contributed by atoms with Crippen molar-refractivity contribution in [2.24, 2.45) is 0 Å². The normalized spacial score (nSPS) is 10.8. The first-order valence-corrected chi connectivity index (χ1v) is 10.7. The zero-order chi connectivity index (χ0) is 24.5. The lowest BCUT2D eigenvalue weighted by Gasteiger charge is -2.16. The van der Waals surface area contributed by atoms with Crippen LogP contribution in [0.25, 0.3) is 6.08 Å². The third-order valence-corrected chi connectivity index (χ3v) is 5.20. The van der Waals surface area contributed by atoms with Gasteiger partial charge in [-0.1, -0.05) is 48.0 Å². The SMILES string of the molecule is C=CCc1cc(/C=C(\C#N)C(=O)Nc2ccccc2Cl)cc(OC)c1OCc1ccccc1F. The highest BCUT2D eigenvalue weighted by Gasteiger charge is 2.16. The Morgan fingerprint density at radius 2 is 1.91 bits per heavy atom. The molecule has 0 aliphatic carbocycles. The second-order valence-corrected chi connectivity index (χ2v) is 7.60. The van der Waals surface area contributed by atoms with E-state index in [2.05, 4.69) is 11.9 Å². The molecule has 7 heteroatoms. The quantitative estimate of drug-likeness (QED) is 0.222. The van der Waals surface area contributed by atoms with E-state index in [-0.39, 0.29) is 18.0 Å². The van der Waals surface area contributed by atoms with Crippen LogP contribution in [0.1, 0.15) is 16.7 Å². The fraction of sp³-hybridized carbons (Fsp3) is 0.111. The monoisotopic (exact) mass is 476 g/mol. The van der Waals surface area contributed by atoms with Gasteiger partial charge in [0.05, 0.1) is 17.8 Å². The minimum Gasteiger partial charge on any atom is -0.493 e. The van der Waals surface area contributed by atoms with Crippen LogP contribution in [0.15, 0.2) is 78.9 Å². The molecule has 0 saturated carbocycles. The van der Waals surface area contributed by atoms with Gasteiger partial charge >= 0.3 is 0 Å². The number of anilines is 1. The van der Waals surface area contributed by atoms with Crippen LogP contribution >= 0.6 is 11.6 Å². The van der Waals surface area contributed by atoms with E-state index in [0.717, 1.165) is 0 Å². The Hall–Kier alpha value is -4.08. The Bertz CT molecular complexity index is 1280. The maximum Gasteiger partial charge on any atom is 0.266 e. The van der Waals surface area contributed by atoms with Gasteiger partial charge in [-0.25, -0.2) is 4.39 Å².